The predicted octanol–water partition coefficient (Wildman–Crippen LogP) is 3.46. The van der Waals surface area contributed by atoms with Crippen LogP contribution in [0.5, 0.6) is 11.5 Å². The Morgan fingerprint density at radius 1 is 0.968 bits per heavy atom. The van der Waals surface area contributed by atoms with Crippen molar-refractivity contribution in [1.82, 2.24) is 5.06 Å². The third-order valence-corrected chi connectivity index (χ3v) is 6.40. The summed E-state index contributed by atoms with van der Waals surface area (Å²) in [7, 11) is 0. The lowest BCUT2D eigenvalue weighted by Crippen LogP contribution is -2.51. The van der Waals surface area contributed by atoms with E-state index in [2.05, 4.69) is 0 Å². The van der Waals surface area contributed by atoms with E-state index >= 15 is 0 Å². The Morgan fingerprint density at radius 3 is 2.26 bits per heavy atom. The number of hydroxylamine groups is 2. The van der Waals surface area contributed by atoms with Crippen LogP contribution in [0, 0.1) is 0 Å². The average Bonchev–Trinajstić information content (AvgIpc) is 3.05. The van der Waals surface area contributed by atoms with E-state index in [1.807, 2.05) is 48.5 Å². The van der Waals surface area contributed by atoms with Crippen LogP contribution in [0.3, 0.4) is 0 Å². The van der Waals surface area contributed by atoms with Crippen LogP contribution >= 0.6 is 0 Å². The lowest BCUT2D eigenvalue weighted by Gasteiger charge is -2.38. The summed E-state index contributed by atoms with van der Waals surface area (Å²) in [6, 6.07) is 20.6. The van der Waals surface area contributed by atoms with Crippen molar-refractivity contribution < 1.29 is 24.3 Å². The molecule has 0 radical (unpaired) electrons. The van der Waals surface area contributed by atoms with Crippen LogP contribution in [0.25, 0.3) is 0 Å². The number of ketones is 1. The van der Waals surface area contributed by atoms with Crippen LogP contribution in [-0.4, -0.2) is 41.1 Å². The first-order valence-electron chi connectivity index (χ1n) is 10.3. The van der Waals surface area contributed by atoms with Crippen molar-refractivity contribution >= 4 is 11.8 Å². The highest BCUT2D eigenvalue weighted by molar-refractivity contribution is 6.05. The highest BCUT2D eigenvalue weighted by Gasteiger charge is 2.51. The summed E-state index contributed by atoms with van der Waals surface area (Å²) in [5.74, 6) is 0.957. The molecule has 1 spiro atoms. The molecule has 0 unspecified atom stereocenters. The number of para-hydroxylation sites is 2. The van der Waals surface area contributed by atoms with Gasteiger partial charge in [-0.2, -0.15) is 0 Å². The van der Waals surface area contributed by atoms with Gasteiger partial charge in [-0.05, 0) is 29.8 Å². The van der Waals surface area contributed by atoms with Gasteiger partial charge < -0.3 is 14.7 Å². The zero-order chi connectivity index (χ0) is 21.2. The Hall–Kier alpha value is -3.48. The quantitative estimate of drug-likeness (QED) is 0.694. The smallest absolute Gasteiger partial charge is 0.357 e. The molecule has 1 aliphatic carbocycles. The topological polar surface area (TPSA) is 76.1 Å². The summed E-state index contributed by atoms with van der Waals surface area (Å²) in [5.41, 5.74) is 2.88. The van der Waals surface area contributed by atoms with Crippen molar-refractivity contribution in [3.63, 3.8) is 0 Å². The van der Waals surface area contributed by atoms with Gasteiger partial charge in [0.25, 0.3) is 0 Å². The molecule has 31 heavy (non-hydrogen) atoms. The summed E-state index contributed by atoms with van der Waals surface area (Å²) in [6.07, 6.45) is -0.194. The number of hydrogen-bond donors (Lipinski definition) is 1. The lowest BCUT2D eigenvalue weighted by molar-refractivity contribution is -0.193. The van der Waals surface area contributed by atoms with Crippen molar-refractivity contribution in [1.29, 1.82) is 0 Å². The molecule has 2 heterocycles. The molecule has 6 rings (SSSR count). The first-order chi connectivity index (χ1) is 15.1. The number of Topliss-reactive ketones (excluding diaryl/α,β-unsaturated/α-hetero) is 1. The van der Waals surface area contributed by atoms with Gasteiger partial charge >= 0.3 is 5.97 Å². The van der Waals surface area contributed by atoms with Crippen LogP contribution in [0.1, 0.15) is 43.8 Å². The second kappa shape index (κ2) is 6.51. The van der Waals surface area contributed by atoms with E-state index in [9.17, 15) is 14.7 Å². The van der Waals surface area contributed by atoms with E-state index in [1.165, 1.54) is 5.06 Å². The zero-order valence-electron chi connectivity index (χ0n) is 16.6. The van der Waals surface area contributed by atoms with Crippen LogP contribution in [-0.2, 0) is 10.3 Å². The van der Waals surface area contributed by atoms with Crippen LogP contribution in [0.2, 0.25) is 0 Å². The molecule has 1 N–H and O–H groups in total. The minimum Gasteiger partial charge on any atom is -0.457 e. The Bertz CT molecular complexity index is 1200. The van der Waals surface area contributed by atoms with Crippen LogP contribution < -0.4 is 4.74 Å². The molecule has 0 atom stereocenters. The second-order valence-corrected chi connectivity index (χ2v) is 8.24. The molecule has 2 aliphatic heterocycles. The van der Waals surface area contributed by atoms with E-state index < -0.39 is 17.5 Å². The highest BCUT2D eigenvalue weighted by atomic mass is 16.7. The number of hydrogen-bond acceptors (Lipinski definition) is 6. The Kier molecular flexibility index (Phi) is 3.84. The number of ether oxygens (including phenoxy) is 1. The first kappa shape index (κ1) is 18.3. The van der Waals surface area contributed by atoms with Gasteiger partial charge in [0.2, 0.25) is 0 Å². The Balaban J connectivity index is 1.52. The molecule has 1 fully saturated rings. The SMILES string of the molecule is O=C(ON1CC(O)C1)c1ccc2c(c1)C1(CC2=O)c2ccccc2Oc2ccccc21. The van der Waals surface area contributed by atoms with Gasteiger partial charge in [0.05, 0.1) is 30.2 Å². The minimum absolute atomic E-state index is 0.0345. The summed E-state index contributed by atoms with van der Waals surface area (Å²) in [6.45, 7) is 0.606. The Labute approximate surface area is 178 Å². The normalized spacial score (nSPS) is 18.5. The van der Waals surface area contributed by atoms with Gasteiger partial charge in [0.15, 0.2) is 5.78 Å². The van der Waals surface area contributed by atoms with Gasteiger partial charge in [-0.1, -0.05) is 42.5 Å². The van der Waals surface area contributed by atoms with E-state index in [4.69, 9.17) is 9.57 Å². The number of rotatable bonds is 2. The molecule has 0 saturated carbocycles. The summed E-state index contributed by atoms with van der Waals surface area (Å²) in [5, 5.41) is 10.9. The number of benzene rings is 3. The third-order valence-electron chi connectivity index (χ3n) is 6.40. The fourth-order valence-corrected chi connectivity index (χ4v) is 4.92. The number of aliphatic hydroxyl groups excluding tert-OH is 1. The maximum absolute atomic E-state index is 13.1. The molecule has 6 heteroatoms. The van der Waals surface area contributed by atoms with Gasteiger partial charge in [-0.25, -0.2) is 4.79 Å². The first-order valence-corrected chi connectivity index (χ1v) is 10.3. The molecule has 0 aromatic heterocycles. The molecule has 154 valence electrons. The van der Waals surface area contributed by atoms with E-state index in [-0.39, 0.29) is 12.2 Å². The number of carbonyl (C=O) groups excluding carboxylic acids is 2. The van der Waals surface area contributed by atoms with Gasteiger partial charge in [-0.3, -0.25) is 4.79 Å². The lowest BCUT2D eigenvalue weighted by atomic mass is 9.68. The predicted molar refractivity (Wildman–Crippen MR) is 111 cm³/mol. The summed E-state index contributed by atoms with van der Waals surface area (Å²) >= 11 is 0. The summed E-state index contributed by atoms with van der Waals surface area (Å²) < 4.78 is 6.14. The molecular weight excluding hydrogens is 394 g/mol. The third kappa shape index (κ3) is 2.59. The van der Waals surface area contributed by atoms with Crippen molar-refractivity contribution in [2.24, 2.45) is 0 Å². The fraction of sp³-hybridized carbons (Fsp3) is 0.200. The number of nitrogens with zero attached hydrogens (tertiary/aromatic N) is 1. The molecule has 0 amide bonds. The minimum atomic E-state index is -0.721. The molecule has 3 aromatic rings. The molecule has 0 bridgehead atoms. The van der Waals surface area contributed by atoms with Gasteiger partial charge in [-0.15, -0.1) is 5.06 Å². The Morgan fingerprint density at radius 2 is 1.61 bits per heavy atom. The maximum Gasteiger partial charge on any atom is 0.357 e. The highest BCUT2D eigenvalue weighted by Crippen LogP contribution is 2.57. The standard InChI is InChI=1S/C25H19NO5/c27-16-13-26(14-16)31-24(29)15-9-10-17-20(11-15)25(12-21(17)28)18-5-1-3-7-22(18)30-23-8-4-2-6-19(23)25/h1-11,16,27H,12-14H2. The van der Waals surface area contributed by atoms with Crippen LogP contribution in [0.4, 0.5) is 0 Å². The van der Waals surface area contributed by atoms with Crippen molar-refractivity contribution in [2.45, 2.75) is 17.9 Å². The summed E-state index contributed by atoms with van der Waals surface area (Å²) in [4.78, 5) is 31.2. The van der Waals surface area contributed by atoms with Crippen LogP contribution in [0.15, 0.2) is 66.7 Å². The number of carbonyl (C=O) groups is 2. The van der Waals surface area contributed by atoms with Crippen molar-refractivity contribution in [3.05, 3.63) is 94.5 Å². The number of β-amino-alcohol motifs (C(OH)–C–C–N with tert-alkyl or cyclic N) is 1. The number of fused-ring (bicyclic) bond motifs is 6. The largest absolute Gasteiger partial charge is 0.457 e. The zero-order valence-corrected chi connectivity index (χ0v) is 16.6. The fourth-order valence-electron chi connectivity index (χ4n) is 4.92. The van der Waals surface area contributed by atoms with Crippen molar-refractivity contribution in [3.8, 4) is 11.5 Å². The maximum atomic E-state index is 13.1. The number of aliphatic hydroxyl groups is 1. The van der Waals surface area contributed by atoms with E-state index in [1.54, 1.807) is 18.2 Å². The molecule has 6 nitrogen and oxygen atoms in total. The van der Waals surface area contributed by atoms with Gasteiger partial charge in [0.1, 0.15) is 11.5 Å². The average molecular weight is 413 g/mol. The monoisotopic (exact) mass is 413 g/mol. The molecule has 1 saturated heterocycles. The van der Waals surface area contributed by atoms with Gasteiger partial charge in [0, 0.05) is 23.1 Å². The van der Waals surface area contributed by atoms with Crippen molar-refractivity contribution in [2.75, 3.05) is 13.1 Å². The second-order valence-electron chi connectivity index (χ2n) is 8.24. The molecule has 3 aliphatic rings. The molecular formula is C25H19NO5. The molecule has 3 aromatic carbocycles. The van der Waals surface area contributed by atoms with E-state index in [0.29, 0.717) is 35.7 Å². The van der Waals surface area contributed by atoms with E-state index in [0.717, 1.165) is 16.7 Å².